The van der Waals surface area contributed by atoms with Crippen molar-refractivity contribution in [2.24, 2.45) is 11.8 Å². The molecule has 0 saturated heterocycles. The predicted octanol–water partition coefficient (Wildman–Crippen LogP) is 4.07. The van der Waals surface area contributed by atoms with Gasteiger partial charge < -0.3 is 4.90 Å². The number of fused-ring (bicyclic) bond motifs is 1. The molecule has 19 heavy (non-hydrogen) atoms. The van der Waals surface area contributed by atoms with Crippen LogP contribution in [0.5, 0.6) is 0 Å². The fourth-order valence-corrected chi connectivity index (χ4v) is 2.86. The summed E-state index contributed by atoms with van der Waals surface area (Å²) in [6.07, 6.45) is 1.35. The van der Waals surface area contributed by atoms with Crippen molar-refractivity contribution in [3.05, 3.63) is 35.9 Å². The van der Waals surface area contributed by atoms with Gasteiger partial charge in [0.2, 0.25) is 0 Å². The number of alkyl halides is 1. The third kappa shape index (κ3) is 2.55. The maximum Gasteiger partial charge on any atom is 0.129 e. The molecule has 1 heterocycles. The summed E-state index contributed by atoms with van der Waals surface area (Å²) in [6, 6.07) is 10.3. The van der Waals surface area contributed by atoms with Crippen LogP contribution in [0.4, 0.5) is 5.82 Å². The summed E-state index contributed by atoms with van der Waals surface area (Å²) in [7, 11) is 2.13. The molecule has 3 rings (SSSR count). The molecule has 1 saturated carbocycles. The second-order valence-corrected chi connectivity index (χ2v) is 5.91. The lowest BCUT2D eigenvalue weighted by molar-refractivity contribution is 0.720. The van der Waals surface area contributed by atoms with E-state index < -0.39 is 0 Å². The number of rotatable bonds is 4. The Hall–Kier alpha value is -1.28. The van der Waals surface area contributed by atoms with Gasteiger partial charge in [-0.25, -0.2) is 4.98 Å². The monoisotopic (exact) mass is 274 g/mol. The van der Waals surface area contributed by atoms with Crippen LogP contribution in [0.3, 0.4) is 0 Å². The van der Waals surface area contributed by atoms with E-state index in [1.165, 1.54) is 6.42 Å². The van der Waals surface area contributed by atoms with Crippen molar-refractivity contribution in [2.75, 3.05) is 18.5 Å². The van der Waals surface area contributed by atoms with E-state index >= 15 is 0 Å². The van der Waals surface area contributed by atoms with Gasteiger partial charge >= 0.3 is 0 Å². The summed E-state index contributed by atoms with van der Waals surface area (Å²) in [6.45, 7) is 3.41. The van der Waals surface area contributed by atoms with E-state index in [1.807, 2.05) is 12.1 Å². The van der Waals surface area contributed by atoms with Gasteiger partial charge in [0.1, 0.15) is 5.82 Å². The van der Waals surface area contributed by atoms with E-state index in [1.54, 1.807) is 0 Å². The molecule has 1 aromatic carbocycles. The molecule has 1 fully saturated rings. The number of hydrogen-bond acceptors (Lipinski definition) is 2. The highest BCUT2D eigenvalue weighted by Crippen LogP contribution is 2.38. The maximum absolute atomic E-state index is 6.08. The average molecular weight is 275 g/mol. The van der Waals surface area contributed by atoms with E-state index in [9.17, 15) is 0 Å². The van der Waals surface area contributed by atoms with Crippen LogP contribution >= 0.6 is 11.6 Å². The molecule has 0 aliphatic heterocycles. The van der Waals surface area contributed by atoms with Gasteiger partial charge in [-0.05, 0) is 36.0 Å². The number of pyridine rings is 1. The fourth-order valence-electron chi connectivity index (χ4n) is 2.64. The summed E-state index contributed by atoms with van der Waals surface area (Å²) >= 11 is 6.08. The standard InChI is InChI=1S/C16H19ClN2/c1-11-7-13(11)10-19(2)16-8-12(9-17)14-5-3-4-6-15(14)18-16/h3-6,8,11,13H,7,9-10H2,1-2H3. The lowest BCUT2D eigenvalue weighted by atomic mass is 10.1. The molecule has 100 valence electrons. The van der Waals surface area contributed by atoms with Crippen LogP contribution in [0.25, 0.3) is 10.9 Å². The summed E-state index contributed by atoms with van der Waals surface area (Å²) in [5.41, 5.74) is 2.20. The highest BCUT2D eigenvalue weighted by atomic mass is 35.5. The Morgan fingerprint density at radius 3 is 2.79 bits per heavy atom. The first-order chi connectivity index (χ1) is 9.19. The number of benzene rings is 1. The fraction of sp³-hybridized carbons (Fsp3) is 0.438. The summed E-state index contributed by atoms with van der Waals surface area (Å²) < 4.78 is 0. The number of para-hydroxylation sites is 1. The molecule has 2 aromatic rings. The molecule has 0 N–H and O–H groups in total. The van der Waals surface area contributed by atoms with Gasteiger partial charge in [0.05, 0.1) is 5.52 Å². The Morgan fingerprint density at radius 2 is 2.11 bits per heavy atom. The maximum atomic E-state index is 6.08. The number of hydrogen-bond donors (Lipinski definition) is 0. The Balaban J connectivity index is 1.94. The molecular weight excluding hydrogens is 256 g/mol. The summed E-state index contributed by atoms with van der Waals surface area (Å²) in [5.74, 6) is 3.27. The van der Waals surface area contributed by atoms with Crippen LogP contribution in [0.1, 0.15) is 18.9 Å². The molecule has 0 spiro atoms. The third-order valence-electron chi connectivity index (χ3n) is 4.11. The zero-order valence-corrected chi connectivity index (χ0v) is 12.2. The van der Waals surface area contributed by atoms with Crippen LogP contribution in [0.15, 0.2) is 30.3 Å². The second kappa shape index (κ2) is 5.01. The smallest absolute Gasteiger partial charge is 0.129 e. The predicted molar refractivity (Wildman–Crippen MR) is 81.8 cm³/mol. The molecule has 2 unspecified atom stereocenters. The zero-order chi connectivity index (χ0) is 13.4. The highest BCUT2D eigenvalue weighted by molar-refractivity contribution is 6.18. The Bertz CT molecular complexity index is 596. The first kappa shape index (κ1) is 12.7. The molecule has 3 heteroatoms. The van der Waals surface area contributed by atoms with Crippen molar-refractivity contribution < 1.29 is 0 Å². The zero-order valence-electron chi connectivity index (χ0n) is 11.4. The first-order valence-electron chi connectivity index (χ1n) is 6.85. The van der Waals surface area contributed by atoms with Crippen LogP contribution in [-0.2, 0) is 5.88 Å². The Morgan fingerprint density at radius 1 is 1.37 bits per heavy atom. The van der Waals surface area contributed by atoms with E-state index in [0.717, 1.165) is 40.7 Å². The first-order valence-corrected chi connectivity index (χ1v) is 7.38. The molecule has 1 aliphatic carbocycles. The van der Waals surface area contributed by atoms with Crippen molar-refractivity contribution in [3.63, 3.8) is 0 Å². The van der Waals surface area contributed by atoms with Crippen LogP contribution < -0.4 is 4.90 Å². The molecule has 2 atom stereocenters. The molecule has 1 aromatic heterocycles. The Labute approximate surface area is 119 Å². The molecule has 0 bridgehead atoms. The van der Waals surface area contributed by atoms with E-state index in [2.05, 4.69) is 37.1 Å². The van der Waals surface area contributed by atoms with Crippen molar-refractivity contribution in [3.8, 4) is 0 Å². The van der Waals surface area contributed by atoms with Crippen molar-refractivity contribution in [1.29, 1.82) is 0 Å². The lowest BCUT2D eigenvalue weighted by Crippen LogP contribution is -2.21. The Kier molecular flexibility index (Phi) is 3.36. The molecule has 2 nitrogen and oxygen atoms in total. The number of aromatic nitrogens is 1. The summed E-state index contributed by atoms with van der Waals surface area (Å²) in [5, 5.41) is 1.16. The average Bonchev–Trinajstić information content (AvgIpc) is 3.12. The topological polar surface area (TPSA) is 16.1 Å². The number of anilines is 1. The molecule has 0 amide bonds. The van der Waals surface area contributed by atoms with Crippen molar-refractivity contribution in [1.82, 2.24) is 4.98 Å². The van der Waals surface area contributed by atoms with Gasteiger partial charge in [-0.15, -0.1) is 11.6 Å². The number of halogens is 1. The van der Waals surface area contributed by atoms with E-state index in [-0.39, 0.29) is 0 Å². The third-order valence-corrected chi connectivity index (χ3v) is 4.40. The minimum absolute atomic E-state index is 0.531. The van der Waals surface area contributed by atoms with Crippen LogP contribution in [0, 0.1) is 11.8 Å². The highest BCUT2D eigenvalue weighted by Gasteiger charge is 2.33. The van der Waals surface area contributed by atoms with Crippen molar-refractivity contribution >= 4 is 28.3 Å². The van der Waals surface area contributed by atoms with Gasteiger partial charge in [0, 0.05) is 24.9 Å². The second-order valence-electron chi connectivity index (χ2n) is 5.64. The molecule has 1 aliphatic rings. The largest absolute Gasteiger partial charge is 0.359 e. The van der Waals surface area contributed by atoms with Crippen LogP contribution in [-0.4, -0.2) is 18.6 Å². The van der Waals surface area contributed by atoms with Gasteiger partial charge in [-0.1, -0.05) is 25.1 Å². The van der Waals surface area contributed by atoms with Gasteiger partial charge in [-0.3, -0.25) is 0 Å². The van der Waals surface area contributed by atoms with E-state index in [0.29, 0.717) is 5.88 Å². The minimum Gasteiger partial charge on any atom is -0.359 e. The van der Waals surface area contributed by atoms with Gasteiger partial charge in [0.25, 0.3) is 0 Å². The molecule has 0 radical (unpaired) electrons. The lowest BCUT2D eigenvalue weighted by Gasteiger charge is -2.19. The summed E-state index contributed by atoms with van der Waals surface area (Å²) in [4.78, 5) is 7.02. The van der Waals surface area contributed by atoms with Crippen LogP contribution in [0.2, 0.25) is 0 Å². The quantitative estimate of drug-likeness (QED) is 0.782. The SMILES string of the molecule is CC1CC1CN(C)c1cc(CCl)c2ccccc2n1. The van der Waals surface area contributed by atoms with Gasteiger partial charge in [-0.2, -0.15) is 0 Å². The van der Waals surface area contributed by atoms with Gasteiger partial charge in [0.15, 0.2) is 0 Å². The molecular formula is C16H19ClN2. The van der Waals surface area contributed by atoms with Crippen molar-refractivity contribution in [2.45, 2.75) is 19.2 Å². The minimum atomic E-state index is 0.531. The van der Waals surface area contributed by atoms with E-state index in [4.69, 9.17) is 16.6 Å². The normalized spacial score (nSPS) is 21.6. The number of nitrogens with zero attached hydrogens (tertiary/aromatic N) is 2.